The minimum atomic E-state index is -4.93. The number of methoxy groups -OCH3 is 2. The molecule has 1 amide bonds. The van der Waals surface area contributed by atoms with Crippen molar-refractivity contribution in [3.8, 4) is 11.6 Å². The van der Waals surface area contributed by atoms with E-state index in [1.807, 2.05) is 0 Å². The van der Waals surface area contributed by atoms with Gasteiger partial charge in [0.1, 0.15) is 23.4 Å². The number of nitrogens with two attached hydrogens (primary N) is 1. The SMILES string of the molecule is COc1cc2[nH]c([C@@H]3O[C@@](C)(C(F)(F)F)[C@@H](C)[C@H]3c3ccc(F)c(C(F)F)c3OC)cc(=O)c2c(C(N)=O)n1. The van der Waals surface area contributed by atoms with Crippen LogP contribution >= 0.6 is 0 Å². The highest BCUT2D eigenvalue weighted by Gasteiger charge is 2.65. The number of H-pyrrole nitrogens is 1. The Morgan fingerprint density at radius 2 is 1.87 bits per heavy atom. The Bertz CT molecular complexity index is 1510. The molecule has 1 aliphatic rings. The average Bonchev–Trinajstić information content (AvgIpc) is 3.14. The quantitative estimate of drug-likeness (QED) is 0.414. The summed E-state index contributed by atoms with van der Waals surface area (Å²) in [7, 11) is 2.22. The molecule has 210 valence electrons. The van der Waals surface area contributed by atoms with Crippen LogP contribution in [0.25, 0.3) is 10.9 Å². The van der Waals surface area contributed by atoms with E-state index in [9.17, 15) is 35.9 Å². The maximum Gasteiger partial charge on any atom is 0.417 e. The van der Waals surface area contributed by atoms with E-state index in [2.05, 4.69) is 9.97 Å². The summed E-state index contributed by atoms with van der Waals surface area (Å²) in [6.07, 6.45) is -9.84. The lowest BCUT2D eigenvalue weighted by Crippen LogP contribution is -2.46. The van der Waals surface area contributed by atoms with Crippen LogP contribution in [0.4, 0.5) is 26.3 Å². The Morgan fingerprint density at radius 1 is 1.21 bits per heavy atom. The van der Waals surface area contributed by atoms with Crippen LogP contribution in [0.2, 0.25) is 0 Å². The molecule has 3 heterocycles. The minimum absolute atomic E-state index is 0.0481. The molecule has 3 aromatic rings. The zero-order chi connectivity index (χ0) is 29.0. The highest BCUT2D eigenvalue weighted by molar-refractivity contribution is 6.03. The van der Waals surface area contributed by atoms with E-state index in [4.69, 9.17) is 19.9 Å². The van der Waals surface area contributed by atoms with Crippen LogP contribution in [0.3, 0.4) is 0 Å². The number of nitrogens with one attached hydrogen (secondary N) is 1. The van der Waals surface area contributed by atoms with Crippen LogP contribution in [0.15, 0.2) is 29.1 Å². The van der Waals surface area contributed by atoms with Gasteiger partial charge in [0.2, 0.25) is 5.88 Å². The first-order valence-electron chi connectivity index (χ1n) is 11.5. The molecule has 4 atom stereocenters. The summed E-state index contributed by atoms with van der Waals surface area (Å²) in [5.74, 6) is -5.89. The lowest BCUT2D eigenvalue weighted by atomic mass is 9.76. The molecule has 0 saturated carbocycles. The van der Waals surface area contributed by atoms with Gasteiger partial charge in [0.25, 0.3) is 12.3 Å². The van der Waals surface area contributed by atoms with Crippen molar-refractivity contribution in [2.24, 2.45) is 11.7 Å². The second-order valence-corrected chi connectivity index (χ2v) is 9.23. The number of aromatic nitrogens is 2. The van der Waals surface area contributed by atoms with Crippen LogP contribution in [0.5, 0.6) is 11.6 Å². The Morgan fingerprint density at radius 3 is 2.41 bits per heavy atom. The van der Waals surface area contributed by atoms with Gasteiger partial charge in [0, 0.05) is 35.2 Å². The van der Waals surface area contributed by atoms with E-state index >= 15 is 0 Å². The first kappa shape index (κ1) is 28.2. The predicted molar refractivity (Wildman–Crippen MR) is 126 cm³/mol. The highest BCUT2D eigenvalue weighted by atomic mass is 19.4. The molecule has 1 fully saturated rings. The molecule has 0 unspecified atom stereocenters. The van der Waals surface area contributed by atoms with Crippen LogP contribution in [0, 0.1) is 11.7 Å². The second-order valence-electron chi connectivity index (χ2n) is 9.23. The largest absolute Gasteiger partial charge is 0.496 e. The summed E-state index contributed by atoms with van der Waals surface area (Å²) in [6, 6.07) is 3.91. The van der Waals surface area contributed by atoms with Gasteiger partial charge in [-0.1, -0.05) is 13.0 Å². The number of rotatable bonds is 6. The van der Waals surface area contributed by atoms with Gasteiger partial charge in [0.05, 0.1) is 30.7 Å². The number of nitrogens with zero attached hydrogens (tertiary/aromatic N) is 1. The molecule has 0 radical (unpaired) electrons. The van der Waals surface area contributed by atoms with Crippen molar-refractivity contribution in [3.05, 3.63) is 62.8 Å². The van der Waals surface area contributed by atoms with Gasteiger partial charge in [-0.05, 0) is 13.0 Å². The lowest BCUT2D eigenvalue weighted by Gasteiger charge is -2.32. The number of primary amides is 1. The fourth-order valence-corrected chi connectivity index (χ4v) is 5.06. The molecular weight excluding hydrogens is 536 g/mol. The number of hydrogen-bond acceptors (Lipinski definition) is 6. The summed E-state index contributed by atoms with van der Waals surface area (Å²) in [5, 5.41) is -0.243. The van der Waals surface area contributed by atoms with Crippen LogP contribution < -0.4 is 20.6 Å². The summed E-state index contributed by atoms with van der Waals surface area (Å²) < 4.78 is 101. The molecular formula is C25H23F6N3O5. The standard InChI is InChI=1S/C25H23F6N3O5/c1-9-16(10-5-6-11(26)17(22(27)28)20(10)38-4)21(39-24(9,2)25(29,30)31)13-7-14(35)18-12(33-13)8-15(37-3)34-19(18)23(32)36/h5-9,16,21-22H,1-4H3,(H2,32,36)(H,33,35)/t9-,16-,21-,24+/m0/s1. The van der Waals surface area contributed by atoms with Gasteiger partial charge < -0.3 is 24.9 Å². The van der Waals surface area contributed by atoms with Crippen LogP contribution in [-0.4, -0.2) is 41.9 Å². The van der Waals surface area contributed by atoms with Crippen molar-refractivity contribution in [3.63, 3.8) is 0 Å². The van der Waals surface area contributed by atoms with Gasteiger partial charge >= 0.3 is 6.18 Å². The minimum Gasteiger partial charge on any atom is -0.496 e. The van der Waals surface area contributed by atoms with Crippen LogP contribution in [0.1, 0.15) is 59.6 Å². The van der Waals surface area contributed by atoms with Crippen molar-refractivity contribution in [1.82, 2.24) is 9.97 Å². The summed E-state index contributed by atoms with van der Waals surface area (Å²) in [6.45, 7) is 2.01. The highest BCUT2D eigenvalue weighted by Crippen LogP contribution is 2.59. The number of aromatic amines is 1. The molecule has 0 spiro atoms. The number of amides is 1. The number of fused-ring (bicyclic) bond motifs is 1. The zero-order valence-corrected chi connectivity index (χ0v) is 21.0. The molecule has 1 saturated heterocycles. The van der Waals surface area contributed by atoms with Gasteiger partial charge in [-0.25, -0.2) is 18.2 Å². The topological polar surface area (TPSA) is 117 Å². The van der Waals surface area contributed by atoms with E-state index in [1.165, 1.54) is 20.1 Å². The summed E-state index contributed by atoms with van der Waals surface area (Å²) in [5.41, 5.74) is -0.232. The smallest absolute Gasteiger partial charge is 0.417 e. The van der Waals surface area contributed by atoms with Crippen molar-refractivity contribution in [2.75, 3.05) is 14.2 Å². The Labute approximate surface area is 217 Å². The van der Waals surface area contributed by atoms with E-state index in [1.54, 1.807) is 0 Å². The third-order valence-corrected chi connectivity index (χ3v) is 7.18. The monoisotopic (exact) mass is 559 g/mol. The van der Waals surface area contributed by atoms with Crippen molar-refractivity contribution in [1.29, 1.82) is 0 Å². The number of alkyl halides is 5. The third-order valence-electron chi connectivity index (χ3n) is 7.18. The molecule has 8 nitrogen and oxygen atoms in total. The molecule has 1 aromatic carbocycles. The van der Waals surface area contributed by atoms with Crippen molar-refractivity contribution < 1.29 is 45.3 Å². The zero-order valence-electron chi connectivity index (χ0n) is 21.0. The molecule has 4 rings (SSSR count). The van der Waals surface area contributed by atoms with E-state index in [0.29, 0.717) is 6.07 Å². The number of pyridine rings is 2. The Balaban J connectivity index is 2.02. The molecule has 0 bridgehead atoms. The second kappa shape index (κ2) is 9.74. The fraction of sp³-hybridized carbons (Fsp3) is 0.400. The number of hydrogen-bond donors (Lipinski definition) is 2. The van der Waals surface area contributed by atoms with E-state index in [-0.39, 0.29) is 28.0 Å². The van der Waals surface area contributed by atoms with Gasteiger partial charge in [-0.3, -0.25) is 9.59 Å². The molecule has 0 aliphatic carbocycles. The average molecular weight is 559 g/mol. The van der Waals surface area contributed by atoms with Gasteiger partial charge in [0.15, 0.2) is 11.0 Å². The van der Waals surface area contributed by atoms with Crippen molar-refractivity contribution >= 4 is 16.8 Å². The van der Waals surface area contributed by atoms with Gasteiger partial charge in [-0.2, -0.15) is 13.2 Å². The maximum absolute atomic E-state index is 14.3. The summed E-state index contributed by atoms with van der Waals surface area (Å²) >= 11 is 0. The number of carbonyl (C=O) groups is 1. The molecule has 14 heteroatoms. The molecule has 39 heavy (non-hydrogen) atoms. The predicted octanol–water partition coefficient (Wildman–Crippen LogP) is 4.93. The third kappa shape index (κ3) is 4.45. The molecule has 2 aromatic heterocycles. The Hall–Kier alpha value is -3.81. The summed E-state index contributed by atoms with van der Waals surface area (Å²) in [4.78, 5) is 31.7. The number of carbonyl (C=O) groups excluding carboxylic acids is 1. The van der Waals surface area contributed by atoms with Gasteiger partial charge in [-0.15, -0.1) is 0 Å². The maximum atomic E-state index is 14.3. The number of halogens is 6. The van der Waals surface area contributed by atoms with Crippen molar-refractivity contribution in [2.45, 2.75) is 44.1 Å². The first-order chi connectivity index (χ1) is 18.2. The normalized spacial score (nSPS) is 23.4. The first-order valence-corrected chi connectivity index (χ1v) is 11.5. The lowest BCUT2D eigenvalue weighted by molar-refractivity contribution is -0.275. The molecule has 1 aliphatic heterocycles. The fourth-order valence-electron chi connectivity index (χ4n) is 5.06. The number of ether oxygens (including phenoxy) is 3. The van der Waals surface area contributed by atoms with E-state index in [0.717, 1.165) is 26.2 Å². The van der Waals surface area contributed by atoms with Crippen LogP contribution in [-0.2, 0) is 4.74 Å². The molecule has 3 N–H and O–H groups in total. The van der Waals surface area contributed by atoms with E-state index < -0.39 is 70.3 Å². The number of benzene rings is 1. The Kier molecular flexibility index (Phi) is 7.04.